The van der Waals surface area contributed by atoms with Gasteiger partial charge in [-0.2, -0.15) is 10.4 Å². The van der Waals surface area contributed by atoms with E-state index in [1.165, 1.54) is 12.4 Å². The minimum atomic E-state index is -2.32. The van der Waals surface area contributed by atoms with Crippen molar-refractivity contribution in [3.8, 4) is 23.1 Å². The molecule has 3 aromatic heterocycles. The molecule has 1 spiro atoms. The van der Waals surface area contributed by atoms with E-state index in [2.05, 4.69) is 26.2 Å². The van der Waals surface area contributed by atoms with E-state index < -0.39 is 12.5 Å². The minimum absolute atomic E-state index is 0.0125. The van der Waals surface area contributed by atoms with Gasteiger partial charge in [-0.15, -0.1) is 0 Å². The highest BCUT2D eigenvalue weighted by molar-refractivity contribution is 6.35. The summed E-state index contributed by atoms with van der Waals surface area (Å²) in [6, 6.07) is 9.59. The van der Waals surface area contributed by atoms with Gasteiger partial charge in [-0.3, -0.25) is 15.0 Å². The molecule has 5 heterocycles. The zero-order chi connectivity index (χ0) is 27.3. The third-order valence-corrected chi connectivity index (χ3v) is 7.87. The predicted octanol–water partition coefficient (Wildman–Crippen LogP) is 5.73. The lowest BCUT2D eigenvalue weighted by Gasteiger charge is -2.60. The van der Waals surface area contributed by atoms with E-state index in [0.29, 0.717) is 70.2 Å². The quantitative estimate of drug-likeness (QED) is 0.304. The smallest absolute Gasteiger partial charge is 0.251 e. The number of nitrogens with one attached hydrogen (secondary N) is 1. The largest absolute Gasteiger partial charge is 0.486 e. The molecule has 200 valence electrons. The van der Waals surface area contributed by atoms with Crippen LogP contribution in [-0.4, -0.2) is 64.2 Å². The maximum atomic E-state index is 12.6. The van der Waals surface area contributed by atoms with E-state index in [1.807, 2.05) is 30.0 Å². The van der Waals surface area contributed by atoms with Crippen LogP contribution in [0.1, 0.15) is 24.2 Å². The number of alkyl halides is 2. The van der Waals surface area contributed by atoms with Crippen molar-refractivity contribution in [2.45, 2.75) is 19.5 Å². The summed E-state index contributed by atoms with van der Waals surface area (Å²) in [5, 5.41) is 19.0. The Labute approximate surface area is 233 Å². The fraction of sp³-hybridized carbons (Fsp3) is 0.333. The predicted molar refractivity (Wildman–Crippen MR) is 144 cm³/mol. The number of aromatic nitrogens is 4. The number of fused-ring (bicyclic) bond motifs is 1. The summed E-state index contributed by atoms with van der Waals surface area (Å²) in [6.07, 6.45) is 2.01. The number of H-pyrrole nitrogens is 1. The second-order valence-electron chi connectivity index (χ2n) is 10.2. The number of benzene rings is 1. The van der Waals surface area contributed by atoms with Crippen LogP contribution in [0.4, 0.5) is 14.6 Å². The molecule has 0 bridgehead atoms. The standard InChI is InChI=1S/C27H23Cl2F2N7O/c1-15(24-20(28)8-33-9-21(24)29)39-18-2-3-22-19(5-18)25(36-35-22)17-4-16(6-32)26(34-7-17)38-13-27(14-38)11-37(12-27)10-23(30)31/h2-5,7-9,15,23H,10-14H2,1H3,(H,35,36)/t15-/m1/s1. The van der Waals surface area contributed by atoms with Gasteiger partial charge in [-0.25, -0.2) is 13.8 Å². The first kappa shape index (κ1) is 25.7. The molecule has 12 heteroatoms. The van der Waals surface area contributed by atoms with E-state index in [9.17, 15) is 14.0 Å². The summed E-state index contributed by atoms with van der Waals surface area (Å²) in [5.74, 6) is 1.20. The molecular weight excluding hydrogens is 547 g/mol. The van der Waals surface area contributed by atoms with Gasteiger partial charge in [0.2, 0.25) is 0 Å². The monoisotopic (exact) mass is 569 g/mol. The summed E-state index contributed by atoms with van der Waals surface area (Å²) in [5.41, 5.74) is 3.23. The van der Waals surface area contributed by atoms with Crippen LogP contribution in [0.25, 0.3) is 22.2 Å². The minimum Gasteiger partial charge on any atom is -0.486 e. The Hall–Kier alpha value is -3.52. The van der Waals surface area contributed by atoms with Crippen LogP contribution >= 0.6 is 23.2 Å². The highest BCUT2D eigenvalue weighted by atomic mass is 35.5. The molecule has 1 atom stereocenters. The number of nitriles is 1. The van der Waals surface area contributed by atoms with Crippen molar-refractivity contribution < 1.29 is 13.5 Å². The first-order chi connectivity index (χ1) is 18.7. The average molecular weight is 570 g/mol. The van der Waals surface area contributed by atoms with Gasteiger partial charge >= 0.3 is 0 Å². The maximum absolute atomic E-state index is 12.6. The second kappa shape index (κ2) is 9.90. The Morgan fingerprint density at radius 2 is 1.87 bits per heavy atom. The molecule has 39 heavy (non-hydrogen) atoms. The van der Waals surface area contributed by atoms with Crippen LogP contribution < -0.4 is 9.64 Å². The number of aromatic amines is 1. The van der Waals surface area contributed by atoms with Crippen molar-refractivity contribution in [1.82, 2.24) is 25.1 Å². The number of pyridine rings is 2. The van der Waals surface area contributed by atoms with Crippen LogP contribution in [0.5, 0.6) is 5.75 Å². The summed E-state index contributed by atoms with van der Waals surface area (Å²) in [4.78, 5) is 12.4. The molecule has 6 rings (SSSR count). The van der Waals surface area contributed by atoms with Crippen LogP contribution in [-0.2, 0) is 0 Å². The number of anilines is 1. The Morgan fingerprint density at radius 3 is 2.56 bits per heavy atom. The van der Waals surface area contributed by atoms with Gasteiger partial charge in [0, 0.05) is 66.7 Å². The van der Waals surface area contributed by atoms with Gasteiger partial charge in [-0.1, -0.05) is 23.2 Å². The summed E-state index contributed by atoms with van der Waals surface area (Å²) in [6.45, 7) is 4.36. The van der Waals surface area contributed by atoms with Crippen LogP contribution in [0, 0.1) is 16.7 Å². The fourth-order valence-electron chi connectivity index (χ4n) is 5.62. The lowest BCUT2D eigenvalue weighted by atomic mass is 9.72. The van der Waals surface area contributed by atoms with Gasteiger partial charge in [0.25, 0.3) is 6.43 Å². The van der Waals surface area contributed by atoms with Gasteiger partial charge in [0.15, 0.2) is 0 Å². The molecule has 0 amide bonds. The van der Waals surface area contributed by atoms with Gasteiger partial charge in [-0.05, 0) is 31.2 Å². The van der Waals surface area contributed by atoms with Crippen LogP contribution in [0.3, 0.4) is 0 Å². The van der Waals surface area contributed by atoms with Gasteiger partial charge < -0.3 is 9.64 Å². The van der Waals surface area contributed by atoms with Crippen molar-refractivity contribution in [2.75, 3.05) is 37.6 Å². The molecule has 2 saturated heterocycles. The SMILES string of the molecule is C[C@@H](Oc1ccc2[nH]nc(-c3cnc(N4CC5(CN(CC(F)F)C5)C4)c(C#N)c3)c2c1)c1c(Cl)cncc1Cl. The number of ether oxygens (including phenoxy) is 1. The third-order valence-electron chi connectivity index (χ3n) is 7.27. The van der Waals surface area contributed by atoms with E-state index in [4.69, 9.17) is 27.9 Å². The fourth-order valence-corrected chi connectivity index (χ4v) is 6.29. The molecule has 8 nitrogen and oxygen atoms in total. The number of rotatable bonds is 7. The lowest BCUT2D eigenvalue weighted by Crippen LogP contribution is -2.72. The molecule has 0 radical (unpaired) electrons. The zero-order valence-electron chi connectivity index (χ0n) is 20.8. The number of hydrogen-bond acceptors (Lipinski definition) is 7. The number of likely N-dealkylation sites (tertiary alicyclic amines) is 1. The zero-order valence-corrected chi connectivity index (χ0v) is 22.3. The lowest BCUT2D eigenvalue weighted by molar-refractivity contribution is -0.0515. The molecule has 0 unspecified atom stereocenters. The molecule has 4 aromatic rings. The van der Waals surface area contributed by atoms with Crippen LogP contribution in [0.2, 0.25) is 10.0 Å². The molecule has 2 aliphatic heterocycles. The number of nitrogens with zero attached hydrogens (tertiary/aromatic N) is 6. The Morgan fingerprint density at radius 1 is 1.13 bits per heavy atom. The molecule has 1 aromatic carbocycles. The summed E-state index contributed by atoms with van der Waals surface area (Å²) >= 11 is 12.6. The molecule has 0 saturated carbocycles. The number of halogens is 4. The molecule has 1 N–H and O–H groups in total. The van der Waals surface area contributed by atoms with Crippen molar-refractivity contribution in [3.63, 3.8) is 0 Å². The Balaban J connectivity index is 1.21. The highest BCUT2D eigenvalue weighted by Crippen LogP contribution is 2.43. The normalized spacial score (nSPS) is 17.2. The van der Waals surface area contributed by atoms with E-state index in [0.717, 1.165) is 10.9 Å². The maximum Gasteiger partial charge on any atom is 0.251 e. The van der Waals surface area contributed by atoms with Crippen LogP contribution in [0.15, 0.2) is 42.9 Å². The van der Waals surface area contributed by atoms with Crippen molar-refractivity contribution in [3.05, 3.63) is 64.0 Å². The Bertz CT molecular complexity index is 1570. The third kappa shape index (κ3) is 4.75. The van der Waals surface area contributed by atoms with E-state index >= 15 is 0 Å². The van der Waals surface area contributed by atoms with Crippen molar-refractivity contribution in [1.29, 1.82) is 5.26 Å². The topological polar surface area (TPSA) is 94.0 Å². The summed E-state index contributed by atoms with van der Waals surface area (Å²) < 4.78 is 31.4. The average Bonchev–Trinajstić information content (AvgIpc) is 3.27. The summed E-state index contributed by atoms with van der Waals surface area (Å²) in [7, 11) is 0. The first-order valence-electron chi connectivity index (χ1n) is 12.3. The van der Waals surface area contributed by atoms with Gasteiger partial charge in [0.1, 0.15) is 29.4 Å². The van der Waals surface area contributed by atoms with E-state index in [-0.39, 0.29) is 12.0 Å². The van der Waals surface area contributed by atoms with E-state index in [1.54, 1.807) is 17.2 Å². The highest BCUT2D eigenvalue weighted by Gasteiger charge is 2.52. The van der Waals surface area contributed by atoms with Gasteiger partial charge in [0.05, 0.1) is 27.7 Å². The molecular formula is C27H23Cl2F2N7O. The Kier molecular flexibility index (Phi) is 6.53. The molecule has 0 aliphatic carbocycles. The number of hydrogen-bond donors (Lipinski definition) is 1. The second-order valence-corrected chi connectivity index (χ2v) is 11.0. The molecule has 2 fully saturated rings. The molecule has 2 aliphatic rings. The first-order valence-corrected chi connectivity index (χ1v) is 13.1. The van der Waals surface area contributed by atoms with Crippen molar-refractivity contribution in [2.24, 2.45) is 5.41 Å². The van der Waals surface area contributed by atoms with Crippen molar-refractivity contribution >= 4 is 39.9 Å².